The first-order chi connectivity index (χ1) is 14.2. The number of nitrogens with one attached hydrogen (secondary N) is 2. The molecule has 1 aromatic heterocycles. The fraction of sp³-hybridized carbons (Fsp3) is 0.591. The second kappa shape index (κ2) is 9.39. The molecule has 1 fully saturated rings. The number of fused-ring (bicyclic) bond motifs is 1. The van der Waals surface area contributed by atoms with Crippen LogP contribution in [0, 0.1) is 0 Å². The van der Waals surface area contributed by atoms with Gasteiger partial charge in [-0.25, -0.2) is 0 Å². The first-order valence-electron chi connectivity index (χ1n) is 10.9. The van der Waals surface area contributed by atoms with Crippen LogP contribution in [0.3, 0.4) is 0 Å². The van der Waals surface area contributed by atoms with Gasteiger partial charge in [-0.2, -0.15) is 0 Å². The van der Waals surface area contributed by atoms with E-state index in [1.165, 1.54) is 18.4 Å². The molecule has 156 valence electrons. The summed E-state index contributed by atoms with van der Waals surface area (Å²) in [7, 11) is 1.84. The van der Waals surface area contributed by atoms with Crippen molar-refractivity contribution in [2.75, 3.05) is 13.6 Å². The molecule has 0 spiro atoms. The number of benzene rings is 1. The topological polar surface area (TPSA) is 70.4 Å². The van der Waals surface area contributed by atoms with E-state index >= 15 is 0 Å². The maximum absolute atomic E-state index is 4.43. The average molecular weight is 396 g/mol. The Morgan fingerprint density at radius 2 is 2.03 bits per heavy atom. The molecule has 2 aliphatic heterocycles. The van der Waals surface area contributed by atoms with Crippen LogP contribution in [0.4, 0.5) is 0 Å². The maximum Gasteiger partial charge on any atom is 0.191 e. The highest BCUT2D eigenvalue weighted by molar-refractivity contribution is 5.79. The quantitative estimate of drug-likeness (QED) is 0.601. The molecule has 0 aliphatic carbocycles. The van der Waals surface area contributed by atoms with Gasteiger partial charge >= 0.3 is 0 Å². The van der Waals surface area contributed by atoms with Crippen LogP contribution in [0.2, 0.25) is 0 Å². The summed E-state index contributed by atoms with van der Waals surface area (Å²) in [6.45, 7) is 6.15. The second-order valence-electron chi connectivity index (χ2n) is 8.24. The summed E-state index contributed by atoms with van der Waals surface area (Å²) in [5, 5.41) is 15.8. The number of nitrogens with zero attached hydrogens (tertiary/aromatic N) is 5. The zero-order valence-electron chi connectivity index (χ0n) is 17.6. The molecule has 29 heavy (non-hydrogen) atoms. The fourth-order valence-corrected chi connectivity index (χ4v) is 4.45. The van der Waals surface area contributed by atoms with E-state index in [-0.39, 0.29) is 0 Å². The Kier molecular flexibility index (Phi) is 6.44. The van der Waals surface area contributed by atoms with Crippen molar-refractivity contribution in [3.63, 3.8) is 0 Å². The van der Waals surface area contributed by atoms with Crippen LogP contribution >= 0.6 is 0 Å². The number of piperidine rings is 1. The number of rotatable bonds is 5. The minimum absolute atomic E-state index is 0.440. The van der Waals surface area contributed by atoms with Crippen LogP contribution in [-0.2, 0) is 26.1 Å². The molecule has 0 bridgehead atoms. The third kappa shape index (κ3) is 4.96. The zero-order chi connectivity index (χ0) is 20.1. The summed E-state index contributed by atoms with van der Waals surface area (Å²) in [4.78, 5) is 7.00. The molecule has 1 aromatic carbocycles. The molecule has 0 radical (unpaired) electrons. The van der Waals surface area contributed by atoms with Crippen molar-refractivity contribution in [3.8, 4) is 0 Å². The lowest BCUT2D eigenvalue weighted by Crippen LogP contribution is -2.51. The number of likely N-dealkylation sites (tertiary alicyclic amines) is 1. The van der Waals surface area contributed by atoms with E-state index in [0.717, 1.165) is 56.5 Å². The second-order valence-corrected chi connectivity index (χ2v) is 8.24. The van der Waals surface area contributed by atoms with E-state index in [9.17, 15) is 0 Å². The number of guanidine groups is 1. The van der Waals surface area contributed by atoms with Gasteiger partial charge in [0.2, 0.25) is 0 Å². The predicted molar refractivity (Wildman–Crippen MR) is 116 cm³/mol. The van der Waals surface area contributed by atoms with E-state index < -0.39 is 0 Å². The molecule has 3 heterocycles. The van der Waals surface area contributed by atoms with Crippen LogP contribution in [0.25, 0.3) is 0 Å². The van der Waals surface area contributed by atoms with E-state index in [2.05, 4.69) is 72.5 Å². The van der Waals surface area contributed by atoms with Crippen LogP contribution in [0.1, 0.15) is 49.8 Å². The zero-order valence-corrected chi connectivity index (χ0v) is 17.6. The molecule has 0 saturated carbocycles. The molecule has 2 N–H and O–H groups in total. The molecule has 2 aromatic rings. The van der Waals surface area contributed by atoms with Crippen LogP contribution in [0.5, 0.6) is 0 Å². The first-order valence-corrected chi connectivity index (χ1v) is 10.9. The van der Waals surface area contributed by atoms with Gasteiger partial charge in [0.25, 0.3) is 0 Å². The number of hydrogen-bond acceptors (Lipinski definition) is 4. The van der Waals surface area contributed by atoms with Crippen LogP contribution in [-0.4, -0.2) is 51.3 Å². The molecule has 2 atom stereocenters. The minimum Gasteiger partial charge on any atom is -0.354 e. The normalized spacial score (nSPS) is 22.9. The van der Waals surface area contributed by atoms with Crippen molar-refractivity contribution >= 4 is 5.96 Å². The van der Waals surface area contributed by atoms with Gasteiger partial charge in [0.15, 0.2) is 11.8 Å². The third-order valence-corrected chi connectivity index (χ3v) is 6.16. The van der Waals surface area contributed by atoms with E-state index in [0.29, 0.717) is 18.6 Å². The molecule has 2 aliphatic rings. The molecule has 7 heteroatoms. The summed E-state index contributed by atoms with van der Waals surface area (Å²) in [5.74, 6) is 2.98. The van der Waals surface area contributed by atoms with E-state index in [4.69, 9.17) is 0 Å². The lowest BCUT2D eigenvalue weighted by atomic mass is 9.97. The average Bonchev–Trinajstić information content (AvgIpc) is 3.17. The Morgan fingerprint density at radius 1 is 1.17 bits per heavy atom. The Hall–Kier alpha value is -2.41. The van der Waals surface area contributed by atoms with Gasteiger partial charge in [-0.1, -0.05) is 30.3 Å². The highest BCUT2D eigenvalue weighted by Gasteiger charge is 2.26. The van der Waals surface area contributed by atoms with Crippen molar-refractivity contribution in [2.45, 2.75) is 70.7 Å². The van der Waals surface area contributed by atoms with Crippen molar-refractivity contribution in [2.24, 2.45) is 4.99 Å². The standard InChI is InChI=1S/C22H33N7/c1-17-14-19(11-13-28(17)16-18-8-4-3-5-9-18)25-22(23-2)24-15-21-27-26-20-10-6-7-12-29(20)21/h3-5,8-9,17,19H,6-7,10-16H2,1-2H3,(H2,23,24,25). The monoisotopic (exact) mass is 395 g/mol. The number of aromatic nitrogens is 3. The number of aryl methyl sites for hydroxylation is 1. The first kappa shape index (κ1) is 19.9. The molecule has 2 unspecified atom stereocenters. The van der Waals surface area contributed by atoms with Gasteiger partial charge in [-0.05, 0) is 38.2 Å². The van der Waals surface area contributed by atoms with Gasteiger partial charge in [-0.15, -0.1) is 10.2 Å². The van der Waals surface area contributed by atoms with Crippen LogP contribution < -0.4 is 10.6 Å². The van der Waals surface area contributed by atoms with Gasteiger partial charge in [0, 0.05) is 45.2 Å². The molecule has 0 amide bonds. The lowest BCUT2D eigenvalue weighted by molar-refractivity contribution is 0.134. The van der Waals surface area contributed by atoms with Gasteiger partial charge in [-0.3, -0.25) is 9.89 Å². The smallest absolute Gasteiger partial charge is 0.191 e. The summed E-state index contributed by atoms with van der Waals surface area (Å²) in [6.07, 6.45) is 5.71. The van der Waals surface area contributed by atoms with Crippen LogP contribution in [0.15, 0.2) is 35.3 Å². The largest absolute Gasteiger partial charge is 0.354 e. The van der Waals surface area contributed by atoms with Gasteiger partial charge < -0.3 is 15.2 Å². The lowest BCUT2D eigenvalue weighted by Gasteiger charge is -2.38. The highest BCUT2D eigenvalue weighted by Crippen LogP contribution is 2.20. The predicted octanol–water partition coefficient (Wildman–Crippen LogP) is 2.33. The summed E-state index contributed by atoms with van der Waals surface area (Å²) < 4.78 is 2.26. The van der Waals surface area contributed by atoms with Gasteiger partial charge in [0.1, 0.15) is 5.82 Å². The highest BCUT2D eigenvalue weighted by atomic mass is 15.3. The van der Waals surface area contributed by atoms with Crippen molar-refractivity contribution < 1.29 is 0 Å². The van der Waals surface area contributed by atoms with Crippen molar-refractivity contribution in [1.82, 2.24) is 30.3 Å². The Labute approximate surface area is 173 Å². The molecule has 1 saturated heterocycles. The molecular weight excluding hydrogens is 362 g/mol. The summed E-state index contributed by atoms with van der Waals surface area (Å²) in [5.41, 5.74) is 1.39. The Balaban J connectivity index is 1.27. The molecular formula is C22H33N7. The maximum atomic E-state index is 4.43. The number of aliphatic imine (C=N–C) groups is 1. The minimum atomic E-state index is 0.440. The van der Waals surface area contributed by atoms with E-state index in [1.807, 2.05) is 7.05 Å². The van der Waals surface area contributed by atoms with Crippen molar-refractivity contribution in [1.29, 1.82) is 0 Å². The molecule has 4 rings (SSSR count). The Morgan fingerprint density at radius 3 is 2.83 bits per heavy atom. The SMILES string of the molecule is CN=C(NCc1nnc2n1CCCC2)NC1CCN(Cc2ccccc2)C(C)C1. The summed E-state index contributed by atoms with van der Waals surface area (Å²) >= 11 is 0. The Bertz CT molecular complexity index is 814. The number of hydrogen-bond donors (Lipinski definition) is 2. The van der Waals surface area contributed by atoms with E-state index in [1.54, 1.807) is 0 Å². The van der Waals surface area contributed by atoms with Crippen molar-refractivity contribution in [3.05, 3.63) is 47.5 Å². The third-order valence-electron chi connectivity index (χ3n) is 6.16. The molecule has 7 nitrogen and oxygen atoms in total. The fourth-order valence-electron chi connectivity index (χ4n) is 4.45. The van der Waals surface area contributed by atoms with Gasteiger partial charge in [0.05, 0.1) is 6.54 Å². The summed E-state index contributed by atoms with van der Waals surface area (Å²) in [6, 6.07) is 11.7.